The minimum Gasteiger partial charge on any atom is -0.360 e. The summed E-state index contributed by atoms with van der Waals surface area (Å²) in [6.45, 7) is 3.03. The van der Waals surface area contributed by atoms with E-state index in [1.807, 2.05) is 11.9 Å². The Kier molecular flexibility index (Phi) is 5.62. The lowest BCUT2D eigenvalue weighted by atomic mass is 10.2. The molecule has 0 radical (unpaired) electrons. The smallest absolute Gasteiger partial charge is 0.255 e. The Balaban J connectivity index is 2.02. The van der Waals surface area contributed by atoms with Gasteiger partial charge in [-0.15, -0.1) is 0 Å². The molecular weight excluding hydrogens is 300 g/mol. The molecule has 0 unspecified atom stereocenters. The van der Waals surface area contributed by atoms with Crippen LogP contribution < -0.4 is 10.2 Å². The number of nitrogens with one attached hydrogen (secondary N) is 1. The molecule has 1 aromatic heterocycles. The van der Waals surface area contributed by atoms with Crippen LogP contribution in [0, 0.1) is 11.6 Å². The molecule has 0 saturated heterocycles. The summed E-state index contributed by atoms with van der Waals surface area (Å²) in [7, 11) is 1.96. The molecule has 23 heavy (non-hydrogen) atoms. The highest BCUT2D eigenvalue weighted by Crippen LogP contribution is 2.15. The van der Waals surface area contributed by atoms with E-state index in [4.69, 9.17) is 0 Å². The second-order valence-electron chi connectivity index (χ2n) is 5.26. The van der Waals surface area contributed by atoms with Crippen LogP contribution in [0.15, 0.2) is 36.5 Å². The number of carbonyl (C=O) groups excluding carboxylic acids is 1. The molecule has 6 heteroatoms. The predicted molar refractivity (Wildman–Crippen MR) is 86.7 cm³/mol. The first-order valence-corrected chi connectivity index (χ1v) is 7.45. The molecule has 0 bridgehead atoms. The zero-order valence-electron chi connectivity index (χ0n) is 13.1. The number of halogens is 2. The Labute approximate surface area is 134 Å². The van der Waals surface area contributed by atoms with Crippen molar-refractivity contribution in [1.29, 1.82) is 0 Å². The van der Waals surface area contributed by atoms with Crippen molar-refractivity contribution in [2.45, 2.75) is 19.8 Å². The van der Waals surface area contributed by atoms with Gasteiger partial charge in [0.25, 0.3) is 5.91 Å². The van der Waals surface area contributed by atoms with Gasteiger partial charge in [-0.25, -0.2) is 13.8 Å². The van der Waals surface area contributed by atoms with Crippen LogP contribution in [0.4, 0.5) is 20.3 Å². The van der Waals surface area contributed by atoms with Crippen molar-refractivity contribution < 1.29 is 13.6 Å². The van der Waals surface area contributed by atoms with E-state index in [1.54, 1.807) is 12.1 Å². The molecule has 0 atom stereocenters. The first-order chi connectivity index (χ1) is 11.0. The second-order valence-corrected chi connectivity index (χ2v) is 5.26. The molecule has 1 heterocycles. The highest BCUT2D eigenvalue weighted by molar-refractivity contribution is 6.04. The second kappa shape index (κ2) is 7.67. The maximum Gasteiger partial charge on any atom is 0.255 e. The number of carbonyl (C=O) groups is 1. The first kappa shape index (κ1) is 16.9. The van der Waals surface area contributed by atoms with Crippen molar-refractivity contribution in [1.82, 2.24) is 4.98 Å². The standard InChI is InChI=1S/C17H19F2N3O/c1-3-4-9-22(2)16-8-6-13(11-20-16)21-17(23)12-5-7-14(18)15(19)10-12/h5-8,10-11H,3-4,9H2,1-2H3,(H,21,23). The van der Waals surface area contributed by atoms with E-state index in [-0.39, 0.29) is 5.56 Å². The number of amides is 1. The molecule has 0 aliphatic rings. The number of benzene rings is 1. The van der Waals surface area contributed by atoms with E-state index >= 15 is 0 Å². The fraction of sp³-hybridized carbons (Fsp3) is 0.294. The number of hydrogen-bond donors (Lipinski definition) is 1. The van der Waals surface area contributed by atoms with Gasteiger partial charge in [0.1, 0.15) is 5.82 Å². The van der Waals surface area contributed by atoms with Gasteiger partial charge in [-0.1, -0.05) is 13.3 Å². The Bertz CT molecular complexity index is 674. The normalized spacial score (nSPS) is 10.4. The fourth-order valence-electron chi connectivity index (χ4n) is 2.04. The van der Waals surface area contributed by atoms with Crippen molar-refractivity contribution in [3.8, 4) is 0 Å². The summed E-state index contributed by atoms with van der Waals surface area (Å²) >= 11 is 0. The molecule has 1 aromatic carbocycles. The van der Waals surface area contributed by atoms with E-state index in [0.717, 1.165) is 37.3 Å². The summed E-state index contributed by atoms with van der Waals surface area (Å²) in [5, 5.41) is 2.61. The van der Waals surface area contributed by atoms with E-state index < -0.39 is 17.5 Å². The van der Waals surface area contributed by atoms with Crippen molar-refractivity contribution >= 4 is 17.4 Å². The minimum absolute atomic E-state index is 0.0491. The van der Waals surface area contributed by atoms with Crippen LogP contribution >= 0.6 is 0 Å². The van der Waals surface area contributed by atoms with E-state index in [1.165, 1.54) is 12.3 Å². The van der Waals surface area contributed by atoms with Crippen LogP contribution in [0.5, 0.6) is 0 Å². The molecular formula is C17H19F2N3O. The Morgan fingerprint density at radius 2 is 2.00 bits per heavy atom. The van der Waals surface area contributed by atoms with Crippen molar-refractivity contribution in [2.24, 2.45) is 0 Å². The van der Waals surface area contributed by atoms with Crippen LogP contribution in [-0.2, 0) is 0 Å². The lowest BCUT2D eigenvalue weighted by Crippen LogP contribution is -2.19. The van der Waals surface area contributed by atoms with Gasteiger partial charge in [-0.2, -0.15) is 0 Å². The molecule has 1 N–H and O–H groups in total. The third-order valence-corrected chi connectivity index (χ3v) is 3.43. The largest absolute Gasteiger partial charge is 0.360 e. The molecule has 4 nitrogen and oxygen atoms in total. The SMILES string of the molecule is CCCCN(C)c1ccc(NC(=O)c2ccc(F)c(F)c2)cn1. The van der Waals surface area contributed by atoms with Crippen LogP contribution in [0.2, 0.25) is 0 Å². The van der Waals surface area contributed by atoms with Gasteiger partial charge in [0.05, 0.1) is 11.9 Å². The number of unbranched alkanes of at least 4 members (excludes halogenated alkanes) is 1. The average molecular weight is 319 g/mol. The summed E-state index contributed by atoms with van der Waals surface area (Å²) in [6.07, 6.45) is 3.72. The topological polar surface area (TPSA) is 45.2 Å². The Morgan fingerprint density at radius 1 is 1.22 bits per heavy atom. The number of pyridine rings is 1. The van der Waals surface area contributed by atoms with Gasteiger partial charge in [0, 0.05) is 19.2 Å². The molecule has 2 aromatic rings. The summed E-state index contributed by atoms with van der Waals surface area (Å²) in [5.74, 6) is -1.74. The minimum atomic E-state index is -1.05. The molecule has 0 aliphatic carbocycles. The lowest BCUT2D eigenvalue weighted by Gasteiger charge is -2.17. The number of rotatable bonds is 6. The van der Waals surface area contributed by atoms with Crippen LogP contribution in [-0.4, -0.2) is 24.5 Å². The summed E-state index contributed by atoms with van der Waals surface area (Å²) in [5.41, 5.74) is 0.542. The van der Waals surface area contributed by atoms with Gasteiger partial charge < -0.3 is 10.2 Å². The zero-order chi connectivity index (χ0) is 16.8. The molecule has 0 spiro atoms. The lowest BCUT2D eigenvalue weighted by molar-refractivity contribution is 0.102. The third-order valence-electron chi connectivity index (χ3n) is 3.43. The Hall–Kier alpha value is -2.50. The molecule has 2 rings (SSSR count). The highest BCUT2D eigenvalue weighted by Gasteiger charge is 2.10. The van der Waals surface area contributed by atoms with Gasteiger partial charge in [0.15, 0.2) is 11.6 Å². The van der Waals surface area contributed by atoms with Crippen LogP contribution in [0.1, 0.15) is 30.1 Å². The van der Waals surface area contributed by atoms with E-state index in [9.17, 15) is 13.6 Å². The maximum absolute atomic E-state index is 13.1. The van der Waals surface area contributed by atoms with Crippen molar-refractivity contribution in [3.63, 3.8) is 0 Å². The number of aromatic nitrogens is 1. The summed E-state index contributed by atoms with van der Waals surface area (Å²) in [6, 6.07) is 6.55. The first-order valence-electron chi connectivity index (χ1n) is 7.45. The predicted octanol–water partition coefficient (Wildman–Crippen LogP) is 3.85. The summed E-state index contributed by atoms with van der Waals surface area (Å²) < 4.78 is 26.0. The van der Waals surface area contributed by atoms with Crippen LogP contribution in [0.25, 0.3) is 0 Å². The summed E-state index contributed by atoms with van der Waals surface area (Å²) in [4.78, 5) is 18.3. The van der Waals surface area contributed by atoms with Crippen molar-refractivity contribution in [2.75, 3.05) is 23.8 Å². The van der Waals surface area contributed by atoms with Crippen molar-refractivity contribution in [3.05, 3.63) is 53.7 Å². The monoisotopic (exact) mass is 319 g/mol. The maximum atomic E-state index is 13.1. The molecule has 122 valence electrons. The quantitative estimate of drug-likeness (QED) is 0.879. The fourth-order valence-corrected chi connectivity index (χ4v) is 2.04. The van der Waals surface area contributed by atoms with E-state index in [2.05, 4.69) is 17.2 Å². The van der Waals surface area contributed by atoms with Gasteiger partial charge >= 0.3 is 0 Å². The van der Waals surface area contributed by atoms with Gasteiger partial charge in [-0.05, 0) is 36.8 Å². The van der Waals surface area contributed by atoms with Gasteiger partial charge in [0.2, 0.25) is 0 Å². The number of nitrogens with zero attached hydrogens (tertiary/aromatic N) is 2. The Morgan fingerprint density at radius 3 is 2.61 bits per heavy atom. The number of anilines is 2. The molecule has 0 saturated carbocycles. The number of hydrogen-bond acceptors (Lipinski definition) is 3. The average Bonchev–Trinajstić information content (AvgIpc) is 2.55. The van der Waals surface area contributed by atoms with E-state index in [0.29, 0.717) is 5.69 Å². The van der Waals surface area contributed by atoms with Gasteiger partial charge in [-0.3, -0.25) is 4.79 Å². The highest BCUT2D eigenvalue weighted by atomic mass is 19.2. The third kappa shape index (κ3) is 4.48. The molecule has 0 fully saturated rings. The van der Waals surface area contributed by atoms with Crippen LogP contribution in [0.3, 0.4) is 0 Å². The molecule has 1 amide bonds. The molecule has 0 aliphatic heterocycles. The zero-order valence-corrected chi connectivity index (χ0v) is 13.1.